The van der Waals surface area contributed by atoms with Gasteiger partial charge >= 0.3 is 0 Å². The molecule has 2 heteroatoms. The molecule has 0 saturated carbocycles. The van der Waals surface area contributed by atoms with Gasteiger partial charge in [-0.15, -0.1) is 0 Å². The van der Waals surface area contributed by atoms with Crippen molar-refractivity contribution in [1.29, 1.82) is 0 Å². The van der Waals surface area contributed by atoms with Crippen molar-refractivity contribution in [1.82, 2.24) is 4.90 Å². The third kappa shape index (κ3) is 3.68. The van der Waals surface area contributed by atoms with Gasteiger partial charge in [0.2, 0.25) is 0 Å². The van der Waals surface area contributed by atoms with Gasteiger partial charge in [0.25, 0.3) is 0 Å². The Kier molecular flexibility index (Phi) is 4.05. The summed E-state index contributed by atoms with van der Waals surface area (Å²) in [7, 11) is -1.12. The van der Waals surface area contributed by atoms with Crippen molar-refractivity contribution < 1.29 is 0 Å². The highest BCUT2D eigenvalue weighted by molar-refractivity contribution is 6.88. The van der Waals surface area contributed by atoms with Crippen LogP contribution < -0.4 is 5.19 Å². The fourth-order valence-corrected chi connectivity index (χ4v) is 3.65. The monoisotopic (exact) mass is 247 g/mol. The Morgan fingerprint density at radius 2 is 1.53 bits per heavy atom. The molecule has 1 nitrogen and oxygen atoms in total. The van der Waals surface area contributed by atoms with Crippen LogP contribution in [0.15, 0.2) is 24.3 Å². The van der Waals surface area contributed by atoms with E-state index < -0.39 is 8.07 Å². The lowest BCUT2D eigenvalue weighted by Crippen LogP contribution is -2.37. The summed E-state index contributed by atoms with van der Waals surface area (Å²) >= 11 is 0. The molecule has 1 aromatic rings. The van der Waals surface area contributed by atoms with Gasteiger partial charge in [-0.3, -0.25) is 4.90 Å². The van der Waals surface area contributed by atoms with E-state index in [-0.39, 0.29) is 0 Å². The average Bonchev–Trinajstić information content (AvgIpc) is 2.30. The van der Waals surface area contributed by atoms with Gasteiger partial charge in [-0.25, -0.2) is 0 Å². The van der Waals surface area contributed by atoms with Gasteiger partial charge in [-0.2, -0.15) is 0 Å². The summed E-state index contributed by atoms with van der Waals surface area (Å²) in [5, 5.41) is 1.57. The summed E-state index contributed by atoms with van der Waals surface area (Å²) in [6.07, 6.45) is 4.19. The lowest BCUT2D eigenvalue weighted by molar-refractivity contribution is 0.221. The highest BCUT2D eigenvalue weighted by Crippen LogP contribution is 2.13. The molecule has 0 spiro atoms. The molecule has 0 aromatic heterocycles. The Hall–Kier alpha value is -0.603. The predicted octanol–water partition coefficient (Wildman–Crippen LogP) is 3.22. The van der Waals surface area contributed by atoms with Crippen LogP contribution in [0.3, 0.4) is 0 Å². The van der Waals surface area contributed by atoms with Crippen LogP contribution in [0.2, 0.25) is 19.6 Å². The van der Waals surface area contributed by atoms with E-state index in [0.29, 0.717) is 0 Å². The van der Waals surface area contributed by atoms with E-state index in [1.807, 2.05) is 0 Å². The summed E-state index contributed by atoms with van der Waals surface area (Å²) < 4.78 is 0. The second-order valence-corrected chi connectivity index (χ2v) is 11.4. The molecule has 0 N–H and O–H groups in total. The van der Waals surface area contributed by atoms with E-state index in [2.05, 4.69) is 48.8 Å². The molecule has 0 aliphatic carbocycles. The quantitative estimate of drug-likeness (QED) is 0.741. The van der Waals surface area contributed by atoms with E-state index in [1.165, 1.54) is 37.9 Å². The molecule has 0 atom stereocenters. The second kappa shape index (κ2) is 5.36. The van der Waals surface area contributed by atoms with Crippen LogP contribution in [0, 0.1) is 0 Å². The summed E-state index contributed by atoms with van der Waals surface area (Å²) in [5.41, 5.74) is 1.48. The van der Waals surface area contributed by atoms with Gasteiger partial charge in [0.1, 0.15) is 0 Å². The first-order chi connectivity index (χ1) is 8.05. The number of piperidine rings is 1. The maximum Gasteiger partial charge on any atom is 0.0775 e. The zero-order valence-corrected chi connectivity index (χ0v) is 12.5. The van der Waals surface area contributed by atoms with Crippen LogP contribution in [0.1, 0.15) is 24.8 Å². The third-order valence-electron chi connectivity index (χ3n) is 3.67. The first-order valence-electron chi connectivity index (χ1n) is 6.87. The summed E-state index contributed by atoms with van der Waals surface area (Å²) in [6.45, 7) is 10.9. The van der Waals surface area contributed by atoms with Crippen molar-refractivity contribution >= 4 is 13.3 Å². The lowest BCUT2D eigenvalue weighted by atomic mass is 10.1. The first kappa shape index (κ1) is 12.8. The van der Waals surface area contributed by atoms with E-state index >= 15 is 0 Å². The maximum absolute atomic E-state index is 2.59. The van der Waals surface area contributed by atoms with Crippen molar-refractivity contribution in [2.45, 2.75) is 45.4 Å². The number of likely N-dealkylation sites (tertiary alicyclic amines) is 1. The molecule has 2 rings (SSSR count). The molecule has 0 radical (unpaired) electrons. The van der Waals surface area contributed by atoms with Crippen LogP contribution in [0.25, 0.3) is 0 Å². The fraction of sp³-hybridized carbons (Fsp3) is 0.600. The summed E-state index contributed by atoms with van der Waals surface area (Å²) in [6, 6.07) is 9.38. The average molecular weight is 247 g/mol. The van der Waals surface area contributed by atoms with Gasteiger partial charge in [-0.1, -0.05) is 55.5 Å². The fourth-order valence-electron chi connectivity index (χ4n) is 2.49. The number of hydrogen-bond donors (Lipinski definition) is 0. The molecule has 1 aromatic carbocycles. The van der Waals surface area contributed by atoms with Crippen LogP contribution in [-0.2, 0) is 6.54 Å². The van der Waals surface area contributed by atoms with Gasteiger partial charge in [0, 0.05) is 6.54 Å². The van der Waals surface area contributed by atoms with E-state index in [1.54, 1.807) is 5.19 Å². The van der Waals surface area contributed by atoms with Gasteiger partial charge < -0.3 is 0 Å². The van der Waals surface area contributed by atoms with Gasteiger partial charge in [0.05, 0.1) is 8.07 Å². The van der Waals surface area contributed by atoms with Crippen molar-refractivity contribution in [3.05, 3.63) is 29.8 Å². The van der Waals surface area contributed by atoms with Gasteiger partial charge in [0.15, 0.2) is 0 Å². The number of benzene rings is 1. The molecule has 1 heterocycles. The van der Waals surface area contributed by atoms with E-state index in [9.17, 15) is 0 Å². The first-order valence-corrected chi connectivity index (χ1v) is 10.4. The molecule has 0 amide bonds. The zero-order valence-electron chi connectivity index (χ0n) is 11.5. The summed E-state index contributed by atoms with van der Waals surface area (Å²) in [5.74, 6) is 0. The molecule has 1 aliphatic rings. The van der Waals surface area contributed by atoms with Gasteiger partial charge in [-0.05, 0) is 31.5 Å². The smallest absolute Gasteiger partial charge is 0.0775 e. The minimum absolute atomic E-state index is 1.12. The summed E-state index contributed by atoms with van der Waals surface area (Å²) in [4.78, 5) is 2.59. The third-order valence-corrected chi connectivity index (χ3v) is 5.74. The molecule has 1 aliphatic heterocycles. The second-order valence-electron chi connectivity index (χ2n) is 6.28. The zero-order chi connectivity index (χ0) is 12.3. The minimum atomic E-state index is -1.12. The van der Waals surface area contributed by atoms with E-state index in [0.717, 1.165) is 6.54 Å². The molecular weight excluding hydrogens is 222 g/mol. The molecule has 17 heavy (non-hydrogen) atoms. The van der Waals surface area contributed by atoms with Crippen LogP contribution >= 0.6 is 0 Å². The van der Waals surface area contributed by atoms with Crippen LogP contribution in [-0.4, -0.2) is 26.1 Å². The number of rotatable bonds is 3. The molecule has 0 bridgehead atoms. The van der Waals surface area contributed by atoms with Crippen LogP contribution in [0.4, 0.5) is 0 Å². The van der Waals surface area contributed by atoms with Crippen molar-refractivity contribution in [3.8, 4) is 0 Å². The van der Waals surface area contributed by atoms with Crippen molar-refractivity contribution in [2.24, 2.45) is 0 Å². The largest absolute Gasteiger partial charge is 0.299 e. The highest BCUT2D eigenvalue weighted by atomic mass is 28.3. The predicted molar refractivity (Wildman–Crippen MR) is 78.6 cm³/mol. The van der Waals surface area contributed by atoms with Crippen molar-refractivity contribution in [3.63, 3.8) is 0 Å². The Labute approximate surface area is 107 Å². The van der Waals surface area contributed by atoms with Crippen molar-refractivity contribution in [2.75, 3.05) is 13.1 Å². The molecule has 1 saturated heterocycles. The Balaban J connectivity index is 1.98. The molecule has 0 unspecified atom stereocenters. The molecular formula is C15H25NSi. The number of hydrogen-bond acceptors (Lipinski definition) is 1. The Morgan fingerprint density at radius 1 is 0.941 bits per heavy atom. The minimum Gasteiger partial charge on any atom is -0.299 e. The topological polar surface area (TPSA) is 3.24 Å². The van der Waals surface area contributed by atoms with Crippen LogP contribution in [0.5, 0.6) is 0 Å². The van der Waals surface area contributed by atoms with E-state index in [4.69, 9.17) is 0 Å². The number of nitrogens with zero attached hydrogens (tertiary/aromatic N) is 1. The molecule has 94 valence electrons. The normalized spacial score (nSPS) is 18.3. The molecule has 1 fully saturated rings. The standard InChI is InChI=1S/C15H25NSi/c1-17(2,3)15-9-7-14(8-10-15)13-16-11-5-4-6-12-16/h7-10H,4-6,11-13H2,1-3H3. The maximum atomic E-state index is 2.59. The Bertz CT molecular complexity index is 344. The Morgan fingerprint density at radius 3 is 2.06 bits per heavy atom. The lowest BCUT2D eigenvalue weighted by Gasteiger charge is -2.26. The SMILES string of the molecule is C[Si](C)(C)c1ccc(CN2CCCCC2)cc1. The highest BCUT2D eigenvalue weighted by Gasteiger charge is 2.16.